The van der Waals surface area contributed by atoms with Crippen LogP contribution in [-0.2, 0) is 11.2 Å². The number of phenolic OH excluding ortho intramolecular Hbond substituents is 1. The van der Waals surface area contributed by atoms with E-state index in [1.54, 1.807) is 13.2 Å². The lowest BCUT2D eigenvalue weighted by atomic mass is 9.83. The van der Waals surface area contributed by atoms with Crippen LogP contribution in [0.1, 0.15) is 51.5 Å². The molecule has 0 bridgehead atoms. The van der Waals surface area contributed by atoms with Crippen LogP contribution < -0.4 is 15.4 Å². The lowest BCUT2D eigenvalue weighted by Gasteiger charge is -2.27. The first kappa shape index (κ1) is 25.8. The molecule has 0 spiro atoms. The van der Waals surface area contributed by atoms with Gasteiger partial charge in [0, 0.05) is 38.9 Å². The Morgan fingerprint density at radius 3 is 2.59 bits per heavy atom. The molecule has 0 atom stereocenters. The number of benzene rings is 1. The molecule has 1 aliphatic rings. The van der Waals surface area contributed by atoms with Gasteiger partial charge in [-0.05, 0) is 56.6 Å². The average molecular weight is 519 g/mol. The number of hydrogen-bond acceptors (Lipinski definition) is 4. The predicted octanol–water partition coefficient (Wildman–Crippen LogP) is 4.10. The Labute approximate surface area is 192 Å². The number of nitrogens with one attached hydrogen (secondary N) is 2. The molecule has 166 valence electrons. The highest BCUT2D eigenvalue weighted by Crippen LogP contribution is 2.41. The fourth-order valence-corrected chi connectivity index (χ4v) is 3.83. The van der Waals surface area contributed by atoms with Gasteiger partial charge in [-0.2, -0.15) is 0 Å². The van der Waals surface area contributed by atoms with Crippen LogP contribution in [0.4, 0.5) is 0 Å². The van der Waals surface area contributed by atoms with Crippen molar-refractivity contribution in [3.05, 3.63) is 23.8 Å². The number of aromatic hydroxyl groups is 1. The molecule has 1 fully saturated rings. The highest BCUT2D eigenvalue weighted by Gasteiger charge is 2.33. The Balaban J connectivity index is 0.00000420. The average Bonchev–Trinajstić information content (AvgIpc) is 3.16. The molecule has 0 aromatic heterocycles. The Kier molecular flexibility index (Phi) is 12.4. The lowest BCUT2D eigenvalue weighted by molar-refractivity contribution is 0.107. The van der Waals surface area contributed by atoms with Gasteiger partial charge < -0.3 is 25.2 Å². The summed E-state index contributed by atoms with van der Waals surface area (Å²) in [6, 6.07) is 5.43. The van der Waals surface area contributed by atoms with Gasteiger partial charge in [-0.1, -0.05) is 18.9 Å². The number of methoxy groups -OCH3 is 1. The van der Waals surface area contributed by atoms with Gasteiger partial charge >= 0.3 is 0 Å². The maximum absolute atomic E-state index is 10.1. The van der Waals surface area contributed by atoms with E-state index < -0.39 is 0 Å². The first-order chi connectivity index (χ1) is 13.6. The summed E-state index contributed by atoms with van der Waals surface area (Å²) in [6.07, 6.45) is 6.87. The predicted molar refractivity (Wildman–Crippen MR) is 130 cm³/mol. The van der Waals surface area contributed by atoms with Crippen LogP contribution in [-0.4, -0.2) is 51.0 Å². The van der Waals surface area contributed by atoms with Gasteiger partial charge in [0.2, 0.25) is 0 Å². The van der Waals surface area contributed by atoms with E-state index in [9.17, 15) is 5.11 Å². The molecule has 0 radical (unpaired) electrons. The third kappa shape index (κ3) is 8.58. The van der Waals surface area contributed by atoms with Crippen LogP contribution in [0.5, 0.6) is 11.5 Å². The number of phenols is 1. The summed E-state index contributed by atoms with van der Waals surface area (Å²) in [5.74, 6) is 1.78. The van der Waals surface area contributed by atoms with E-state index in [0.717, 1.165) is 50.7 Å². The van der Waals surface area contributed by atoms with Gasteiger partial charge in [0.05, 0.1) is 7.11 Å². The quantitative estimate of drug-likeness (QED) is 0.178. The number of halogens is 1. The van der Waals surface area contributed by atoms with Crippen molar-refractivity contribution in [3.63, 3.8) is 0 Å². The van der Waals surface area contributed by atoms with Gasteiger partial charge in [0.1, 0.15) is 11.5 Å². The minimum atomic E-state index is 0. The van der Waals surface area contributed by atoms with Crippen molar-refractivity contribution in [1.29, 1.82) is 0 Å². The standard InChI is InChI=1S/C22H37N3O3.HI/c1-4-23-21(24-14-10-18-8-9-19(27-3)16-20(18)26)25-17-22(11-6-7-12-22)13-15-28-5-2;/h8-9,16,26H,4-7,10-15,17H2,1-3H3,(H2,23,24,25);1H. The van der Waals surface area contributed by atoms with E-state index >= 15 is 0 Å². The number of guanidine groups is 1. The highest BCUT2D eigenvalue weighted by molar-refractivity contribution is 14.0. The molecule has 1 saturated carbocycles. The van der Waals surface area contributed by atoms with Crippen LogP contribution in [0.2, 0.25) is 0 Å². The smallest absolute Gasteiger partial charge is 0.191 e. The highest BCUT2D eigenvalue weighted by atomic mass is 127. The number of aliphatic imine (C=N–C) groups is 1. The molecular weight excluding hydrogens is 481 g/mol. The van der Waals surface area contributed by atoms with Gasteiger partial charge in [-0.3, -0.25) is 4.99 Å². The lowest BCUT2D eigenvalue weighted by Crippen LogP contribution is -2.39. The Hall–Kier alpha value is -1.22. The van der Waals surface area contributed by atoms with Crippen molar-refractivity contribution in [1.82, 2.24) is 10.6 Å². The third-order valence-electron chi connectivity index (χ3n) is 5.54. The Morgan fingerprint density at radius 1 is 1.21 bits per heavy atom. The second kappa shape index (κ2) is 13.9. The van der Waals surface area contributed by atoms with Crippen LogP contribution in [0.3, 0.4) is 0 Å². The first-order valence-electron chi connectivity index (χ1n) is 10.6. The number of nitrogens with zero attached hydrogens (tertiary/aromatic N) is 1. The zero-order valence-electron chi connectivity index (χ0n) is 18.1. The molecule has 0 amide bonds. The Bertz CT molecular complexity index is 619. The van der Waals surface area contributed by atoms with Crippen LogP contribution in [0.25, 0.3) is 0 Å². The summed E-state index contributed by atoms with van der Waals surface area (Å²) < 4.78 is 10.7. The number of hydrogen-bond donors (Lipinski definition) is 3. The molecule has 0 unspecified atom stereocenters. The van der Waals surface area contributed by atoms with Crippen molar-refractivity contribution in [2.75, 3.05) is 40.0 Å². The van der Waals surface area contributed by atoms with Crippen molar-refractivity contribution < 1.29 is 14.6 Å². The van der Waals surface area contributed by atoms with Gasteiger partial charge in [-0.15, -0.1) is 24.0 Å². The summed E-state index contributed by atoms with van der Waals surface area (Å²) in [5.41, 5.74) is 1.18. The molecule has 0 heterocycles. The summed E-state index contributed by atoms with van der Waals surface area (Å²) in [6.45, 7) is 8.10. The molecule has 2 rings (SSSR count). The maximum Gasteiger partial charge on any atom is 0.191 e. The second-order valence-corrected chi connectivity index (χ2v) is 7.52. The third-order valence-corrected chi connectivity index (χ3v) is 5.54. The van der Waals surface area contributed by atoms with Crippen LogP contribution >= 0.6 is 24.0 Å². The van der Waals surface area contributed by atoms with E-state index in [2.05, 4.69) is 17.6 Å². The molecular formula is C22H38IN3O3. The van der Waals surface area contributed by atoms with Gasteiger partial charge in [0.15, 0.2) is 5.96 Å². The Morgan fingerprint density at radius 2 is 1.97 bits per heavy atom. The largest absolute Gasteiger partial charge is 0.508 e. The van der Waals surface area contributed by atoms with Gasteiger partial charge in [0.25, 0.3) is 0 Å². The number of rotatable bonds is 11. The minimum Gasteiger partial charge on any atom is -0.508 e. The summed E-state index contributed by atoms with van der Waals surface area (Å²) in [7, 11) is 1.60. The van der Waals surface area contributed by atoms with E-state index in [4.69, 9.17) is 14.5 Å². The second-order valence-electron chi connectivity index (χ2n) is 7.52. The first-order valence-corrected chi connectivity index (χ1v) is 10.6. The van der Waals surface area contributed by atoms with E-state index in [0.29, 0.717) is 12.3 Å². The molecule has 0 saturated heterocycles. The summed E-state index contributed by atoms with van der Waals surface area (Å²) >= 11 is 0. The van der Waals surface area contributed by atoms with Crippen molar-refractivity contribution in [3.8, 4) is 11.5 Å². The minimum absolute atomic E-state index is 0. The van der Waals surface area contributed by atoms with Crippen molar-refractivity contribution in [2.45, 2.75) is 52.4 Å². The fourth-order valence-electron chi connectivity index (χ4n) is 3.83. The van der Waals surface area contributed by atoms with Crippen molar-refractivity contribution in [2.24, 2.45) is 10.4 Å². The summed E-state index contributed by atoms with van der Waals surface area (Å²) in [4.78, 5) is 4.88. The molecule has 6 nitrogen and oxygen atoms in total. The molecule has 3 N–H and O–H groups in total. The fraction of sp³-hybridized carbons (Fsp3) is 0.682. The molecule has 1 aliphatic carbocycles. The van der Waals surface area contributed by atoms with E-state index in [-0.39, 0.29) is 35.1 Å². The molecule has 1 aromatic carbocycles. The molecule has 29 heavy (non-hydrogen) atoms. The maximum atomic E-state index is 10.1. The molecule has 7 heteroatoms. The SMILES string of the molecule is CCNC(=NCC1(CCOCC)CCCC1)NCCc1ccc(OC)cc1O.I. The van der Waals surface area contributed by atoms with Crippen LogP contribution in [0.15, 0.2) is 23.2 Å². The zero-order valence-corrected chi connectivity index (χ0v) is 20.5. The normalized spacial score (nSPS) is 15.6. The summed E-state index contributed by atoms with van der Waals surface area (Å²) in [5, 5.41) is 16.8. The monoisotopic (exact) mass is 519 g/mol. The van der Waals surface area contributed by atoms with E-state index in [1.807, 2.05) is 19.1 Å². The van der Waals surface area contributed by atoms with E-state index in [1.165, 1.54) is 25.7 Å². The molecule has 0 aliphatic heterocycles. The topological polar surface area (TPSA) is 75.1 Å². The molecule has 1 aromatic rings. The number of ether oxygens (including phenoxy) is 2. The van der Waals surface area contributed by atoms with Gasteiger partial charge in [-0.25, -0.2) is 0 Å². The van der Waals surface area contributed by atoms with Crippen LogP contribution in [0, 0.1) is 5.41 Å². The zero-order chi connectivity index (χ0) is 20.2. The van der Waals surface area contributed by atoms with Crippen molar-refractivity contribution >= 4 is 29.9 Å².